The minimum Gasteiger partial charge on any atom is -0.193 e. The van der Waals surface area contributed by atoms with Crippen molar-refractivity contribution in [1.29, 1.82) is 0 Å². The van der Waals surface area contributed by atoms with Crippen LogP contribution in [0.3, 0.4) is 0 Å². The molecule has 32 heavy (non-hydrogen) atoms. The number of pyridine rings is 1. The van der Waals surface area contributed by atoms with Crippen LogP contribution in [0.5, 0.6) is 0 Å². The van der Waals surface area contributed by atoms with Crippen molar-refractivity contribution < 1.29 is 4.57 Å². The molecule has 4 aromatic rings. The Balaban J connectivity index is 1.76. The van der Waals surface area contributed by atoms with Gasteiger partial charge in [-0.15, -0.1) is 0 Å². The van der Waals surface area contributed by atoms with E-state index in [0.717, 1.165) is 13.0 Å². The Hall–Kier alpha value is -2.93. The van der Waals surface area contributed by atoms with E-state index in [1.807, 2.05) is 0 Å². The van der Waals surface area contributed by atoms with Crippen molar-refractivity contribution in [3.05, 3.63) is 77.5 Å². The van der Waals surface area contributed by atoms with Crippen LogP contribution in [0.1, 0.15) is 58.2 Å². The van der Waals surface area contributed by atoms with E-state index in [2.05, 4.69) is 107 Å². The number of hydrogen-bond acceptors (Lipinski definition) is 0. The van der Waals surface area contributed by atoms with Crippen LogP contribution in [0.25, 0.3) is 44.3 Å². The highest BCUT2D eigenvalue weighted by molar-refractivity contribution is 6.12. The van der Waals surface area contributed by atoms with Crippen molar-refractivity contribution in [3.8, 4) is 33.5 Å². The van der Waals surface area contributed by atoms with E-state index in [1.54, 1.807) is 0 Å². The predicted molar refractivity (Wildman–Crippen MR) is 135 cm³/mol. The molecular weight excluding hydrogens is 386 g/mol. The highest BCUT2D eigenvalue weighted by Gasteiger charge is 2.36. The van der Waals surface area contributed by atoms with E-state index in [1.165, 1.54) is 61.0 Å². The third kappa shape index (κ3) is 2.87. The van der Waals surface area contributed by atoms with E-state index in [4.69, 9.17) is 0 Å². The Morgan fingerprint density at radius 3 is 2.19 bits per heavy atom. The van der Waals surface area contributed by atoms with Crippen LogP contribution in [0.2, 0.25) is 0 Å². The summed E-state index contributed by atoms with van der Waals surface area (Å²) in [6.45, 7) is 14.9. The van der Waals surface area contributed by atoms with Gasteiger partial charge in [-0.1, -0.05) is 77.9 Å². The number of aromatic nitrogens is 1. The molecule has 2 heterocycles. The van der Waals surface area contributed by atoms with E-state index < -0.39 is 0 Å². The van der Waals surface area contributed by atoms with Crippen LogP contribution in [0, 0.1) is 5.41 Å². The summed E-state index contributed by atoms with van der Waals surface area (Å²) in [7, 11) is 0. The number of benzene rings is 3. The minimum absolute atomic E-state index is 0.107. The first-order valence-corrected chi connectivity index (χ1v) is 11.9. The quantitative estimate of drug-likeness (QED) is 0.241. The maximum Gasteiger partial charge on any atom is 0.222 e. The summed E-state index contributed by atoms with van der Waals surface area (Å²) in [5, 5.41) is 2.77. The highest BCUT2D eigenvalue weighted by Crippen LogP contribution is 2.50. The van der Waals surface area contributed by atoms with Gasteiger partial charge >= 0.3 is 0 Å². The Morgan fingerprint density at radius 2 is 1.50 bits per heavy atom. The maximum absolute atomic E-state index is 2.48. The average molecular weight is 419 g/mol. The van der Waals surface area contributed by atoms with Crippen LogP contribution in [0.15, 0.2) is 60.8 Å². The lowest BCUT2D eigenvalue weighted by Crippen LogP contribution is -2.31. The van der Waals surface area contributed by atoms with Crippen LogP contribution in [-0.2, 0) is 18.4 Å². The second kappa shape index (κ2) is 6.32. The molecule has 0 unspecified atom stereocenters. The van der Waals surface area contributed by atoms with Gasteiger partial charge in [0.25, 0.3) is 0 Å². The van der Waals surface area contributed by atoms with Gasteiger partial charge in [-0.05, 0) is 68.2 Å². The molecule has 1 heteroatoms. The summed E-state index contributed by atoms with van der Waals surface area (Å²) >= 11 is 0. The molecule has 0 saturated carbocycles. The van der Waals surface area contributed by atoms with Crippen LogP contribution < -0.4 is 4.57 Å². The monoisotopic (exact) mass is 418 g/mol. The second-order valence-electron chi connectivity index (χ2n) is 12.0. The Morgan fingerprint density at radius 1 is 0.781 bits per heavy atom. The first-order valence-electron chi connectivity index (χ1n) is 11.9. The van der Waals surface area contributed by atoms with Gasteiger partial charge < -0.3 is 0 Å². The average Bonchev–Trinajstić information content (AvgIpc) is 3.03. The zero-order chi connectivity index (χ0) is 22.4. The van der Waals surface area contributed by atoms with Crippen molar-refractivity contribution in [2.75, 3.05) is 0 Å². The molecule has 0 spiro atoms. The molecule has 0 N–H and O–H groups in total. The minimum atomic E-state index is 0.107. The van der Waals surface area contributed by atoms with Crippen LogP contribution >= 0.6 is 0 Å². The fraction of sp³-hybridized carbons (Fsp3) is 0.323. The Bertz CT molecular complexity index is 1420. The molecule has 2 aliphatic rings. The van der Waals surface area contributed by atoms with Gasteiger partial charge in [0.2, 0.25) is 5.69 Å². The lowest BCUT2D eigenvalue weighted by molar-refractivity contribution is -0.670. The van der Waals surface area contributed by atoms with Gasteiger partial charge in [-0.25, -0.2) is 0 Å². The van der Waals surface area contributed by atoms with Gasteiger partial charge in [-0.2, -0.15) is 4.57 Å². The third-order valence-electron chi connectivity index (χ3n) is 7.09. The molecule has 0 atom stereocenters. The first kappa shape index (κ1) is 19.7. The van der Waals surface area contributed by atoms with Crippen molar-refractivity contribution in [1.82, 2.24) is 0 Å². The summed E-state index contributed by atoms with van der Waals surface area (Å²) < 4.78 is 2.48. The molecular formula is C31H32N+. The number of fused-ring (bicyclic) bond motifs is 3. The molecule has 1 aromatic heterocycles. The van der Waals surface area contributed by atoms with Crippen LogP contribution in [0.4, 0.5) is 0 Å². The van der Waals surface area contributed by atoms with Crippen molar-refractivity contribution in [3.63, 3.8) is 0 Å². The summed E-state index contributed by atoms with van der Waals surface area (Å²) in [6.07, 6.45) is 3.39. The summed E-state index contributed by atoms with van der Waals surface area (Å²) in [5.74, 6) is 0. The predicted octanol–water partition coefficient (Wildman–Crippen LogP) is 7.69. The molecule has 0 fully saturated rings. The summed E-state index contributed by atoms with van der Waals surface area (Å²) in [5.41, 5.74) is 13.1. The lowest BCUT2D eigenvalue weighted by atomic mass is 9.83. The fourth-order valence-electron chi connectivity index (χ4n) is 5.73. The molecule has 1 aliphatic carbocycles. The van der Waals surface area contributed by atoms with E-state index in [0.29, 0.717) is 0 Å². The second-order valence-corrected chi connectivity index (χ2v) is 12.0. The van der Waals surface area contributed by atoms with Gasteiger partial charge in [0, 0.05) is 11.6 Å². The highest BCUT2D eigenvalue weighted by atomic mass is 15.0. The molecule has 0 bridgehead atoms. The van der Waals surface area contributed by atoms with Crippen LogP contribution in [-0.4, -0.2) is 0 Å². The molecule has 6 rings (SSSR count). The largest absolute Gasteiger partial charge is 0.222 e. The third-order valence-corrected chi connectivity index (χ3v) is 7.09. The zero-order valence-electron chi connectivity index (χ0n) is 20.1. The van der Waals surface area contributed by atoms with Gasteiger partial charge in [0.05, 0.1) is 10.9 Å². The number of rotatable bonds is 1. The van der Waals surface area contributed by atoms with E-state index in [9.17, 15) is 0 Å². The first-order chi connectivity index (χ1) is 15.1. The molecule has 1 nitrogen and oxygen atoms in total. The number of nitrogens with zero attached hydrogens (tertiary/aromatic N) is 1. The molecule has 0 amide bonds. The molecule has 160 valence electrons. The summed E-state index contributed by atoms with van der Waals surface area (Å²) in [4.78, 5) is 0. The van der Waals surface area contributed by atoms with Gasteiger partial charge in [-0.3, -0.25) is 0 Å². The SMILES string of the molecule is CC(C)(C)Cc1cc2c3c(c1)-c1ccccc1-c1cc(C(C)(C)C)cc4cc[n+](c-3c14)C2. The Kier molecular flexibility index (Phi) is 3.89. The molecule has 0 radical (unpaired) electrons. The van der Waals surface area contributed by atoms with Gasteiger partial charge in [0.1, 0.15) is 0 Å². The van der Waals surface area contributed by atoms with E-state index >= 15 is 0 Å². The Labute approximate surface area is 191 Å². The zero-order valence-corrected chi connectivity index (χ0v) is 20.1. The molecule has 0 saturated heterocycles. The smallest absolute Gasteiger partial charge is 0.193 e. The summed E-state index contributed by atoms with van der Waals surface area (Å²) in [6, 6.07) is 21.2. The van der Waals surface area contributed by atoms with E-state index in [-0.39, 0.29) is 10.8 Å². The molecule has 1 aliphatic heterocycles. The van der Waals surface area contributed by atoms with Gasteiger partial charge in [0.15, 0.2) is 12.7 Å². The van der Waals surface area contributed by atoms with Crippen molar-refractivity contribution >= 4 is 10.8 Å². The maximum atomic E-state index is 2.48. The van der Waals surface area contributed by atoms with Crippen molar-refractivity contribution in [2.24, 2.45) is 5.41 Å². The normalized spacial score (nSPS) is 13.9. The standard InChI is InChI=1S/C31H32N/c1-30(2,3)17-19-13-21-18-32-12-11-20-15-22(31(4,5)6)16-26-24-10-8-7-9-23(24)25(14-19)28(21)29(32)27(20)26/h7-16H,17-18H2,1-6H3/q+1. The lowest BCUT2D eigenvalue weighted by Gasteiger charge is -2.22. The topological polar surface area (TPSA) is 3.88 Å². The molecule has 3 aromatic carbocycles. The van der Waals surface area contributed by atoms with Crippen molar-refractivity contribution in [2.45, 2.75) is 59.9 Å². The fourth-order valence-corrected chi connectivity index (χ4v) is 5.73. The number of hydrogen-bond donors (Lipinski definition) is 0.